The Morgan fingerprint density at radius 3 is 2.80 bits per heavy atom. The van der Waals surface area contributed by atoms with Gasteiger partial charge in [0, 0.05) is 11.1 Å². The summed E-state index contributed by atoms with van der Waals surface area (Å²) in [7, 11) is 0. The van der Waals surface area contributed by atoms with Crippen molar-refractivity contribution in [3.05, 3.63) is 35.4 Å². The van der Waals surface area contributed by atoms with Crippen LogP contribution in [0.1, 0.15) is 36.0 Å². The molecule has 1 aromatic carbocycles. The van der Waals surface area contributed by atoms with Gasteiger partial charge in [-0.2, -0.15) is 0 Å². The van der Waals surface area contributed by atoms with Gasteiger partial charge < -0.3 is 9.64 Å². The molecule has 78 valence electrons. The van der Waals surface area contributed by atoms with Crippen molar-refractivity contribution < 1.29 is 9.53 Å². The van der Waals surface area contributed by atoms with Crippen LogP contribution in [0, 0.1) is 0 Å². The van der Waals surface area contributed by atoms with Crippen LogP contribution >= 0.6 is 0 Å². The lowest BCUT2D eigenvalue weighted by atomic mass is 10.1. The molecule has 0 bridgehead atoms. The van der Waals surface area contributed by atoms with Gasteiger partial charge in [0.25, 0.3) is 5.91 Å². The molecule has 1 saturated heterocycles. The zero-order valence-corrected chi connectivity index (χ0v) is 8.81. The zero-order chi connectivity index (χ0) is 10.6. The molecule has 0 saturated carbocycles. The average Bonchev–Trinajstić information content (AvgIpc) is 2.68. The molecule has 3 atom stereocenters. The van der Waals surface area contributed by atoms with Gasteiger partial charge in [0.2, 0.25) is 0 Å². The second-order valence-corrected chi connectivity index (χ2v) is 4.23. The molecule has 1 amide bonds. The highest BCUT2D eigenvalue weighted by molar-refractivity contribution is 5.99. The van der Waals surface area contributed by atoms with Crippen molar-refractivity contribution in [3.63, 3.8) is 0 Å². The average molecular weight is 203 g/mol. The van der Waals surface area contributed by atoms with Gasteiger partial charge in [-0.05, 0) is 19.9 Å². The highest BCUT2D eigenvalue weighted by Crippen LogP contribution is 2.42. The summed E-state index contributed by atoms with van der Waals surface area (Å²) in [5.41, 5.74) is 1.81. The maximum absolute atomic E-state index is 12.1. The van der Waals surface area contributed by atoms with Crippen LogP contribution in [0.4, 0.5) is 0 Å². The third-order valence-electron chi connectivity index (χ3n) is 3.41. The van der Waals surface area contributed by atoms with E-state index in [4.69, 9.17) is 4.74 Å². The van der Waals surface area contributed by atoms with Crippen molar-refractivity contribution >= 4 is 5.91 Å². The molecule has 1 fully saturated rings. The molecule has 0 aromatic heterocycles. The van der Waals surface area contributed by atoms with Gasteiger partial charge in [0.05, 0.1) is 12.1 Å². The number of carbonyl (C=O) groups is 1. The summed E-state index contributed by atoms with van der Waals surface area (Å²) in [5.74, 6) is 0.104. The quantitative estimate of drug-likeness (QED) is 0.645. The number of rotatable bonds is 0. The minimum atomic E-state index is -0.154. The van der Waals surface area contributed by atoms with Crippen molar-refractivity contribution in [1.29, 1.82) is 0 Å². The molecule has 2 aliphatic heterocycles. The number of carbonyl (C=O) groups excluding carboxylic acids is 1. The molecular formula is C12H13NO2. The molecule has 3 rings (SSSR count). The monoisotopic (exact) mass is 203 g/mol. The number of amides is 1. The topological polar surface area (TPSA) is 29.5 Å². The molecule has 2 heterocycles. The minimum absolute atomic E-state index is 0.104. The summed E-state index contributed by atoms with van der Waals surface area (Å²) in [4.78, 5) is 13.9. The van der Waals surface area contributed by atoms with Crippen LogP contribution in [0.2, 0.25) is 0 Å². The van der Waals surface area contributed by atoms with E-state index in [0.29, 0.717) is 0 Å². The standard InChI is InChI=1S/C12H13NO2/c1-7-8(2)15-12-10-6-4-3-5-9(10)11(14)13(7)12/h3-8,12H,1-2H3/t7-,8-,12-/m1/s1. The van der Waals surface area contributed by atoms with E-state index in [9.17, 15) is 4.79 Å². The summed E-state index contributed by atoms with van der Waals surface area (Å²) in [6, 6.07) is 7.86. The molecule has 3 heteroatoms. The summed E-state index contributed by atoms with van der Waals surface area (Å²) < 4.78 is 5.80. The van der Waals surface area contributed by atoms with Crippen molar-refractivity contribution in [3.8, 4) is 0 Å². The van der Waals surface area contributed by atoms with Crippen LogP contribution in [-0.4, -0.2) is 23.0 Å². The number of hydrogen-bond donors (Lipinski definition) is 0. The second kappa shape index (κ2) is 2.83. The zero-order valence-electron chi connectivity index (χ0n) is 8.81. The van der Waals surface area contributed by atoms with E-state index in [2.05, 4.69) is 0 Å². The Morgan fingerprint density at radius 1 is 1.27 bits per heavy atom. The largest absolute Gasteiger partial charge is 0.349 e. The Balaban J connectivity index is 2.12. The molecule has 0 radical (unpaired) electrons. The lowest BCUT2D eigenvalue weighted by molar-refractivity contribution is 0.0155. The first-order chi connectivity index (χ1) is 7.20. The number of nitrogens with zero attached hydrogens (tertiary/aromatic N) is 1. The Kier molecular flexibility index (Phi) is 1.68. The van der Waals surface area contributed by atoms with E-state index in [1.54, 1.807) is 0 Å². The Labute approximate surface area is 88.6 Å². The van der Waals surface area contributed by atoms with E-state index in [1.165, 1.54) is 0 Å². The van der Waals surface area contributed by atoms with Crippen LogP contribution in [0.25, 0.3) is 0 Å². The second-order valence-electron chi connectivity index (χ2n) is 4.23. The van der Waals surface area contributed by atoms with E-state index < -0.39 is 0 Å². The minimum Gasteiger partial charge on any atom is -0.349 e. The molecule has 2 aliphatic rings. The Morgan fingerprint density at radius 2 is 2.00 bits per heavy atom. The summed E-state index contributed by atoms with van der Waals surface area (Å²) in [6.07, 6.45) is -0.0361. The van der Waals surface area contributed by atoms with E-state index in [-0.39, 0.29) is 24.3 Å². The normalized spacial score (nSPS) is 33.1. The molecule has 0 aliphatic carbocycles. The summed E-state index contributed by atoms with van der Waals surface area (Å²) >= 11 is 0. The van der Waals surface area contributed by atoms with Crippen molar-refractivity contribution in [2.45, 2.75) is 32.2 Å². The molecule has 15 heavy (non-hydrogen) atoms. The van der Waals surface area contributed by atoms with Gasteiger partial charge >= 0.3 is 0 Å². The number of benzene rings is 1. The first kappa shape index (κ1) is 8.92. The molecule has 0 N–H and O–H groups in total. The fourth-order valence-electron chi connectivity index (χ4n) is 2.38. The van der Waals surface area contributed by atoms with Crippen LogP contribution in [0.5, 0.6) is 0 Å². The number of hydrogen-bond acceptors (Lipinski definition) is 2. The van der Waals surface area contributed by atoms with Crippen LogP contribution in [0.3, 0.4) is 0 Å². The van der Waals surface area contributed by atoms with Gasteiger partial charge in [-0.1, -0.05) is 18.2 Å². The van der Waals surface area contributed by atoms with Gasteiger partial charge in [-0.3, -0.25) is 4.79 Å². The highest BCUT2D eigenvalue weighted by Gasteiger charge is 2.47. The summed E-state index contributed by atoms with van der Waals surface area (Å²) in [6.45, 7) is 4.05. The van der Waals surface area contributed by atoms with Crippen molar-refractivity contribution in [2.24, 2.45) is 0 Å². The lowest BCUT2D eigenvalue weighted by Gasteiger charge is -2.19. The molecule has 1 aromatic rings. The number of ether oxygens (including phenoxy) is 1. The van der Waals surface area contributed by atoms with E-state index in [0.717, 1.165) is 11.1 Å². The third-order valence-corrected chi connectivity index (χ3v) is 3.41. The number of fused-ring (bicyclic) bond motifs is 3. The SMILES string of the molecule is C[C@@H]1[C@@H](C)O[C@@H]2c3ccccc3C(=O)N21. The lowest BCUT2D eigenvalue weighted by Crippen LogP contribution is -2.33. The van der Waals surface area contributed by atoms with Crippen LogP contribution < -0.4 is 0 Å². The predicted octanol–water partition coefficient (Wildman–Crippen LogP) is 1.95. The van der Waals surface area contributed by atoms with Gasteiger partial charge in [0.1, 0.15) is 0 Å². The smallest absolute Gasteiger partial charge is 0.256 e. The summed E-state index contributed by atoms with van der Waals surface area (Å²) in [5, 5.41) is 0. The molecule has 0 spiro atoms. The van der Waals surface area contributed by atoms with E-state index >= 15 is 0 Å². The first-order valence-corrected chi connectivity index (χ1v) is 5.27. The predicted molar refractivity (Wildman–Crippen MR) is 55.4 cm³/mol. The molecule has 0 unspecified atom stereocenters. The van der Waals surface area contributed by atoms with Gasteiger partial charge in [0.15, 0.2) is 6.23 Å². The Hall–Kier alpha value is -1.35. The third kappa shape index (κ3) is 1.01. The van der Waals surface area contributed by atoms with Crippen LogP contribution in [0.15, 0.2) is 24.3 Å². The first-order valence-electron chi connectivity index (χ1n) is 5.27. The Bertz CT molecular complexity index is 429. The maximum Gasteiger partial charge on any atom is 0.256 e. The van der Waals surface area contributed by atoms with Gasteiger partial charge in [-0.15, -0.1) is 0 Å². The molecular weight excluding hydrogens is 190 g/mol. The van der Waals surface area contributed by atoms with Crippen molar-refractivity contribution in [2.75, 3.05) is 0 Å². The highest BCUT2D eigenvalue weighted by atomic mass is 16.5. The van der Waals surface area contributed by atoms with Crippen LogP contribution in [-0.2, 0) is 4.74 Å². The maximum atomic E-state index is 12.1. The fourth-order valence-corrected chi connectivity index (χ4v) is 2.38. The fraction of sp³-hybridized carbons (Fsp3) is 0.417. The van der Waals surface area contributed by atoms with Crippen molar-refractivity contribution in [1.82, 2.24) is 4.90 Å². The molecule has 3 nitrogen and oxygen atoms in total. The van der Waals surface area contributed by atoms with E-state index in [1.807, 2.05) is 43.0 Å². The van der Waals surface area contributed by atoms with Gasteiger partial charge in [-0.25, -0.2) is 0 Å².